The molecule has 1 fully saturated rings. The van der Waals surface area contributed by atoms with Crippen LogP contribution in [0.25, 0.3) is 16.8 Å². The van der Waals surface area contributed by atoms with Crippen molar-refractivity contribution in [3.8, 4) is 11.5 Å². The third-order valence-corrected chi connectivity index (χ3v) is 6.87. The summed E-state index contributed by atoms with van der Waals surface area (Å²) in [5.74, 6) is -0.471. The first-order valence-corrected chi connectivity index (χ1v) is 13.2. The quantitative estimate of drug-likeness (QED) is 0.156. The Kier molecular flexibility index (Phi) is 7.70. The van der Waals surface area contributed by atoms with Crippen LogP contribution in [0.3, 0.4) is 0 Å². The smallest absolute Gasteiger partial charge is 0.335 e. The average Bonchev–Trinajstić information content (AvgIpc) is 2.94. The van der Waals surface area contributed by atoms with Crippen molar-refractivity contribution in [1.82, 2.24) is 5.32 Å². The molecule has 1 heterocycles. The Bertz CT molecular complexity index is 1710. The van der Waals surface area contributed by atoms with Crippen LogP contribution >= 0.6 is 0 Å². The number of aryl methyl sites for hydroxylation is 2. The molecule has 5 rings (SSSR count). The van der Waals surface area contributed by atoms with Crippen LogP contribution in [0.1, 0.15) is 27.8 Å². The van der Waals surface area contributed by atoms with Crippen molar-refractivity contribution in [1.29, 1.82) is 0 Å². The molecule has 206 valence electrons. The molecule has 7 heteroatoms. The molecule has 0 atom stereocenters. The van der Waals surface area contributed by atoms with Crippen molar-refractivity contribution in [3.05, 3.63) is 119 Å². The van der Waals surface area contributed by atoms with Gasteiger partial charge in [-0.25, -0.2) is 9.69 Å². The Hall–Kier alpha value is -5.17. The van der Waals surface area contributed by atoms with Crippen LogP contribution in [0.5, 0.6) is 11.5 Å². The summed E-state index contributed by atoms with van der Waals surface area (Å²) < 4.78 is 12.0. The van der Waals surface area contributed by atoms with Crippen LogP contribution in [-0.2, 0) is 22.6 Å². The fourth-order valence-corrected chi connectivity index (χ4v) is 5.10. The summed E-state index contributed by atoms with van der Waals surface area (Å²) in [4.78, 5) is 40.0. The van der Waals surface area contributed by atoms with Gasteiger partial charge < -0.3 is 9.47 Å². The lowest BCUT2D eigenvalue weighted by Crippen LogP contribution is -2.54. The van der Waals surface area contributed by atoms with Crippen molar-refractivity contribution < 1.29 is 23.9 Å². The zero-order chi connectivity index (χ0) is 29.1. The summed E-state index contributed by atoms with van der Waals surface area (Å²) in [5.41, 5.74) is 4.36. The molecule has 1 N–H and O–H groups in total. The summed E-state index contributed by atoms with van der Waals surface area (Å²) in [6.45, 7) is 7.94. The number of ether oxygens (including phenoxy) is 2. The molecular formula is C34H30N2O5. The Morgan fingerprint density at radius 3 is 2.37 bits per heavy atom. The molecule has 4 aromatic rings. The number of carbonyl (C=O) groups excluding carboxylic acids is 3. The van der Waals surface area contributed by atoms with Crippen molar-refractivity contribution >= 4 is 40.4 Å². The molecule has 1 aliphatic rings. The number of nitrogens with one attached hydrogen (secondary N) is 1. The number of barbiturate groups is 1. The van der Waals surface area contributed by atoms with Crippen LogP contribution in [0, 0.1) is 13.8 Å². The second-order valence-corrected chi connectivity index (χ2v) is 9.93. The average molecular weight is 547 g/mol. The Labute approximate surface area is 238 Å². The van der Waals surface area contributed by atoms with Gasteiger partial charge in [0.2, 0.25) is 0 Å². The number of anilines is 1. The molecule has 0 bridgehead atoms. The summed E-state index contributed by atoms with van der Waals surface area (Å²) in [6.07, 6.45) is 3.67. The first-order chi connectivity index (χ1) is 19.8. The lowest BCUT2D eigenvalue weighted by Gasteiger charge is -2.27. The normalized spacial score (nSPS) is 14.4. The Balaban J connectivity index is 1.50. The minimum Gasteiger partial charge on any atom is -0.493 e. The van der Waals surface area contributed by atoms with Crippen LogP contribution in [0.15, 0.2) is 91.0 Å². The van der Waals surface area contributed by atoms with Crippen molar-refractivity contribution in [2.45, 2.75) is 26.9 Å². The highest BCUT2D eigenvalue weighted by Crippen LogP contribution is 2.36. The second-order valence-electron chi connectivity index (χ2n) is 9.93. The molecule has 1 saturated heterocycles. The summed E-state index contributed by atoms with van der Waals surface area (Å²) in [6, 6.07) is 22.3. The van der Waals surface area contributed by atoms with E-state index in [0.717, 1.165) is 37.9 Å². The number of hydrogen-bond acceptors (Lipinski definition) is 5. The molecule has 1 aliphatic heterocycles. The van der Waals surface area contributed by atoms with Crippen LogP contribution < -0.4 is 19.7 Å². The van der Waals surface area contributed by atoms with Gasteiger partial charge >= 0.3 is 6.03 Å². The zero-order valence-electron chi connectivity index (χ0n) is 23.2. The molecule has 0 aromatic heterocycles. The van der Waals surface area contributed by atoms with E-state index >= 15 is 0 Å². The highest BCUT2D eigenvalue weighted by molar-refractivity contribution is 6.39. The molecular weight excluding hydrogens is 516 g/mol. The first kappa shape index (κ1) is 27.4. The number of benzene rings is 4. The number of methoxy groups -OCH3 is 1. The van der Waals surface area contributed by atoms with Gasteiger partial charge in [0, 0.05) is 5.56 Å². The van der Waals surface area contributed by atoms with Gasteiger partial charge in [-0.05, 0) is 83.6 Å². The molecule has 0 radical (unpaired) electrons. The number of imide groups is 2. The molecule has 0 unspecified atom stereocenters. The maximum absolute atomic E-state index is 13.5. The van der Waals surface area contributed by atoms with Gasteiger partial charge in [0.15, 0.2) is 11.5 Å². The van der Waals surface area contributed by atoms with E-state index in [-0.39, 0.29) is 5.57 Å². The van der Waals surface area contributed by atoms with Crippen LogP contribution in [0.2, 0.25) is 0 Å². The highest BCUT2D eigenvalue weighted by Gasteiger charge is 2.37. The van der Waals surface area contributed by atoms with Crippen molar-refractivity contribution in [2.24, 2.45) is 0 Å². The lowest BCUT2D eigenvalue weighted by atomic mass is 10.0. The number of amides is 4. The molecule has 4 aromatic carbocycles. The Morgan fingerprint density at radius 2 is 1.63 bits per heavy atom. The van der Waals surface area contributed by atoms with Crippen molar-refractivity contribution in [2.75, 3.05) is 12.0 Å². The standard InChI is InChI=1S/C34H30N2O5/c1-5-9-25-17-23(18-29-32(37)35-34(39)36(33(29)38)27-15-21(2)14-22(3)16-27)19-30(40-4)31(25)41-20-26-12-8-11-24-10-6-7-13-28(24)26/h5-8,10-19H,1,9,20H2,2-4H3,(H,35,37,39)/b29-18+. The number of urea groups is 1. The summed E-state index contributed by atoms with van der Waals surface area (Å²) >= 11 is 0. The molecule has 0 spiro atoms. The van der Waals surface area contributed by atoms with Gasteiger partial charge in [-0.1, -0.05) is 54.6 Å². The molecule has 41 heavy (non-hydrogen) atoms. The predicted octanol–water partition coefficient (Wildman–Crippen LogP) is 6.44. The van der Waals surface area contributed by atoms with Gasteiger partial charge in [0.1, 0.15) is 12.2 Å². The number of allylic oxidation sites excluding steroid dienone is 1. The van der Waals surface area contributed by atoms with E-state index in [1.807, 2.05) is 50.2 Å². The monoisotopic (exact) mass is 546 g/mol. The van der Waals surface area contributed by atoms with E-state index in [0.29, 0.717) is 35.8 Å². The minimum absolute atomic E-state index is 0.167. The van der Waals surface area contributed by atoms with Gasteiger partial charge in [-0.15, -0.1) is 6.58 Å². The van der Waals surface area contributed by atoms with E-state index < -0.39 is 17.8 Å². The van der Waals surface area contributed by atoms with Gasteiger partial charge in [-0.3, -0.25) is 14.9 Å². The second kappa shape index (κ2) is 11.5. The van der Waals surface area contributed by atoms with Gasteiger partial charge in [0.05, 0.1) is 12.8 Å². The third kappa shape index (κ3) is 5.61. The molecule has 0 aliphatic carbocycles. The maximum atomic E-state index is 13.5. The molecule has 4 amide bonds. The number of carbonyl (C=O) groups is 3. The van der Waals surface area contributed by atoms with Gasteiger partial charge in [-0.2, -0.15) is 0 Å². The van der Waals surface area contributed by atoms with Crippen LogP contribution in [-0.4, -0.2) is 25.0 Å². The fraction of sp³-hybridized carbons (Fsp3) is 0.147. The Morgan fingerprint density at radius 1 is 0.902 bits per heavy atom. The highest BCUT2D eigenvalue weighted by atomic mass is 16.5. The van der Waals surface area contributed by atoms with E-state index in [1.165, 1.54) is 13.2 Å². The van der Waals surface area contributed by atoms with Crippen LogP contribution in [0.4, 0.5) is 10.5 Å². The summed E-state index contributed by atoms with van der Waals surface area (Å²) in [7, 11) is 1.54. The van der Waals surface area contributed by atoms with E-state index in [4.69, 9.17) is 9.47 Å². The maximum Gasteiger partial charge on any atom is 0.335 e. The molecule has 0 saturated carbocycles. The fourth-order valence-electron chi connectivity index (χ4n) is 5.10. The van der Waals surface area contributed by atoms with Gasteiger partial charge in [0.25, 0.3) is 11.8 Å². The van der Waals surface area contributed by atoms with E-state index in [9.17, 15) is 14.4 Å². The number of fused-ring (bicyclic) bond motifs is 1. The van der Waals surface area contributed by atoms with E-state index in [1.54, 1.807) is 24.3 Å². The predicted molar refractivity (Wildman–Crippen MR) is 160 cm³/mol. The lowest BCUT2D eigenvalue weighted by molar-refractivity contribution is -0.122. The SMILES string of the molecule is C=CCc1cc(/C=C2\C(=O)NC(=O)N(c3cc(C)cc(C)c3)C2=O)cc(OC)c1OCc1cccc2ccccc12. The first-order valence-electron chi connectivity index (χ1n) is 13.2. The largest absolute Gasteiger partial charge is 0.493 e. The summed E-state index contributed by atoms with van der Waals surface area (Å²) in [5, 5.41) is 4.51. The zero-order valence-corrected chi connectivity index (χ0v) is 23.2. The number of nitrogens with zero attached hydrogens (tertiary/aromatic N) is 1. The molecule has 7 nitrogen and oxygen atoms in total. The van der Waals surface area contributed by atoms with E-state index in [2.05, 4.69) is 30.1 Å². The number of rotatable bonds is 8. The number of hydrogen-bond donors (Lipinski definition) is 1. The minimum atomic E-state index is -0.788. The van der Waals surface area contributed by atoms with Crippen molar-refractivity contribution in [3.63, 3.8) is 0 Å². The third-order valence-electron chi connectivity index (χ3n) is 6.87. The topological polar surface area (TPSA) is 84.9 Å².